The number of benzene rings is 1. The van der Waals surface area contributed by atoms with Crippen LogP contribution >= 0.6 is 15.9 Å². The Kier molecular flexibility index (Phi) is 3.75. The van der Waals surface area contributed by atoms with Crippen LogP contribution in [0.25, 0.3) is 0 Å². The molecular weight excluding hydrogens is 273 g/mol. The molecule has 0 aliphatic rings. The Balaban J connectivity index is 3.17. The number of halogens is 4. The Morgan fingerprint density at radius 1 is 1.40 bits per heavy atom. The summed E-state index contributed by atoms with van der Waals surface area (Å²) in [5, 5.41) is 0. The van der Waals surface area contributed by atoms with Crippen molar-refractivity contribution in [3.05, 3.63) is 33.8 Å². The number of alkyl halides is 3. The second-order valence-electron chi connectivity index (χ2n) is 3.13. The van der Waals surface area contributed by atoms with Gasteiger partial charge in [-0.3, -0.25) is 11.3 Å². The summed E-state index contributed by atoms with van der Waals surface area (Å²) in [6.45, 7) is 1.68. The van der Waals surface area contributed by atoms with Gasteiger partial charge in [0.25, 0.3) is 0 Å². The first-order chi connectivity index (χ1) is 6.86. The van der Waals surface area contributed by atoms with Crippen molar-refractivity contribution < 1.29 is 13.2 Å². The lowest BCUT2D eigenvalue weighted by Gasteiger charge is -2.14. The van der Waals surface area contributed by atoms with Crippen molar-refractivity contribution in [3.63, 3.8) is 0 Å². The fourth-order valence-electron chi connectivity index (χ4n) is 1.13. The molecule has 15 heavy (non-hydrogen) atoms. The second-order valence-corrected chi connectivity index (χ2v) is 3.98. The maximum absolute atomic E-state index is 12.5. The van der Waals surface area contributed by atoms with Gasteiger partial charge in [0.1, 0.15) is 0 Å². The smallest absolute Gasteiger partial charge is 0.271 e. The molecule has 2 nitrogen and oxygen atoms in total. The van der Waals surface area contributed by atoms with Crippen molar-refractivity contribution in [1.82, 2.24) is 5.43 Å². The van der Waals surface area contributed by atoms with Crippen LogP contribution in [-0.4, -0.2) is 0 Å². The Morgan fingerprint density at radius 3 is 2.47 bits per heavy atom. The summed E-state index contributed by atoms with van der Waals surface area (Å²) in [6.07, 6.45) is -4.36. The van der Waals surface area contributed by atoms with Crippen LogP contribution in [0.15, 0.2) is 22.7 Å². The molecule has 0 heterocycles. The quantitative estimate of drug-likeness (QED) is 0.647. The van der Waals surface area contributed by atoms with Gasteiger partial charge < -0.3 is 0 Å². The predicted molar refractivity (Wildman–Crippen MR) is 54.9 cm³/mol. The Bertz CT molecular complexity index is 352. The van der Waals surface area contributed by atoms with E-state index in [1.54, 1.807) is 13.0 Å². The summed E-state index contributed by atoms with van der Waals surface area (Å²) in [7, 11) is 0. The largest absolute Gasteiger partial charge is 0.417 e. The normalized spacial score (nSPS) is 14.0. The summed E-state index contributed by atoms with van der Waals surface area (Å²) in [5.41, 5.74) is 2.20. The zero-order valence-corrected chi connectivity index (χ0v) is 9.48. The number of nitrogens with two attached hydrogens (primary N) is 1. The van der Waals surface area contributed by atoms with Gasteiger partial charge in [-0.1, -0.05) is 22.0 Å². The maximum Gasteiger partial charge on any atom is 0.417 e. The molecule has 1 atom stereocenters. The van der Waals surface area contributed by atoms with Crippen molar-refractivity contribution in [1.29, 1.82) is 0 Å². The number of hydrogen-bond donors (Lipinski definition) is 2. The van der Waals surface area contributed by atoms with Crippen molar-refractivity contribution >= 4 is 15.9 Å². The average Bonchev–Trinajstić information content (AvgIpc) is 2.15. The van der Waals surface area contributed by atoms with E-state index in [0.29, 0.717) is 5.56 Å². The minimum absolute atomic E-state index is 0.0305. The first-order valence-electron chi connectivity index (χ1n) is 4.19. The van der Waals surface area contributed by atoms with Gasteiger partial charge in [0.2, 0.25) is 0 Å². The predicted octanol–water partition coefficient (Wildman–Crippen LogP) is 2.99. The van der Waals surface area contributed by atoms with Gasteiger partial charge in [-0.25, -0.2) is 0 Å². The van der Waals surface area contributed by atoms with Crippen LogP contribution in [0.4, 0.5) is 13.2 Å². The lowest BCUT2D eigenvalue weighted by Crippen LogP contribution is -2.25. The highest BCUT2D eigenvalue weighted by Crippen LogP contribution is 2.36. The lowest BCUT2D eigenvalue weighted by molar-refractivity contribution is -0.138. The maximum atomic E-state index is 12.5. The third-order valence-corrected chi connectivity index (χ3v) is 2.74. The molecule has 0 aromatic heterocycles. The van der Waals surface area contributed by atoms with Gasteiger partial charge in [-0.05, 0) is 24.6 Å². The van der Waals surface area contributed by atoms with Gasteiger partial charge in [0, 0.05) is 10.5 Å². The Morgan fingerprint density at radius 2 is 2.00 bits per heavy atom. The third kappa shape index (κ3) is 2.93. The summed E-state index contributed by atoms with van der Waals surface area (Å²) in [5.74, 6) is 5.16. The zero-order chi connectivity index (χ0) is 11.6. The standard InChI is InChI=1S/C9H10BrF3N2/c1-5(15-14)6-2-3-8(10)7(4-6)9(11,12)13/h2-5,15H,14H2,1H3. The molecule has 0 saturated carbocycles. The first kappa shape index (κ1) is 12.5. The van der Waals surface area contributed by atoms with Crippen LogP contribution < -0.4 is 11.3 Å². The molecule has 1 aromatic rings. The number of hydrogen-bond acceptors (Lipinski definition) is 2. The number of hydrazine groups is 1. The molecular formula is C9H10BrF3N2. The Hall–Kier alpha value is -0.590. The molecule has 84 valence electrons. The topological polar surface area (TPSA) is 38.0 Å². The highest BCUT2D eigenvalue weighted by Gasteiger charge is 2.33. The van der Waals surface area contributed by atoms with Crippen molar-refractivity contribution in [2.45, 2.75) is 19.1 Å². The SMILES string of the molecule is CC(NN)c1ccc(Br)c(C(F)(F)F)c1. The average molecular weight is 283 g/mol. The monoisotopic (exact) mass is 282 g/mol. The van der Waals surface area contributed by atoms with Crippen LogP contribution in [0, 0.1) is 0 Å². The van der Waals surface area contributed by atoms with Crippen LogP contribution in [-0.2, 0) is 6.18 Å². The van der Waals surface area contributed by atoms with Crippen LogP contribution in [0.3, 0.4) is 0 Å². The van der Waals surface area contributed by atoms with E-state index < -0.39 is 11.7 Å². The molecule has 0 spiro atoms. The van der Waals surface area contributed by atoms with Gasteiger partial charge in [-0.2, -0.15) is 13.2 Å². The van der Waals surface area contributed by atoms with E-state index in [9.17, 15) is 13.2 Å². The van der Waals surface area contributed by atoms with Crippen LogP contribution in [0.5, 0.6) is 0 Å². The molecule has 1 unspecified atom stereocenters. The van der Waals surface area contributed by atoms with Gasteiger partial charge >= 0.3 is 6.18 Å². The molecule has 1 rings (SSSR count). The molecule has 0 aliphatic carbocycles. The first-order valence-corrected chi connectivity index (χ1v) is 4.98. The molecule has 1 aromatic carbocycles. The Labute approximate surface area is 93.8 Å². The molecule has 0 fully saturated rings. The fraction of sp³-hybridized carbons (Fsp3) is 0.333. The van der Waals surface area contributed by atoms with Crippen molar-refractivity contribution in [3.8, 4) is 0 Å². The highest BCUT2D eigenvalue weighted by molar-refractivity contribution is 9.10. The lowest BCUT2D eigenvalue weighted by atomic mass is 10.1. The van der Waals surface area contributed by atoms with E-state index >= 15 is 0 Å². The molecule has 3 N–H and O–H groups in total. The molecule has 0 aliphatic heterocycles. The molecule has 0 saturated heterocycles. The number of nitrogens with one attached hydrogen (secondary N) is 1. The molecule has 0 amide bonds. The van der Waals surface area contributed by atoms with Crippen molar-refractivity contribution in [2.24, 2.45) is 5.84 Å². The minimum Gasteiger partial charge on any atom is -0.271 e. The van der Waals surface area contributed by atoms with E-state index in [0.717, 1.165) is 6.07 Å². The van der Waals surface area contributed by atoms with Crippen molar-refractivity contribution in [2.75, 3.05) is 0 Å². The number of rotatable bonds is 2. The van der Waals surface area contributed by atoms with Gasteiger partial charge in [0.05, 0.1) is 5.56 Å². The zero-order valence-electron chi connectivity index (χ0n) is 7.90. The van der Waals surface area contributed by atoms with E-state index in [-0.39, 0.29) is 10.5 Å². The minimum atomic E-state index is -4.36. The molecule has 6 heteroatoms. The summed E-state index contributed by atoms with van der Waals surface area (Å²) >= 11 is 2.87. The fourth-order valence-corrected chi connectivity index (χ4v) is 1.60. The van der Waals surface area contributed by atoms with E-state index in [1.165, 1.54) is 6.07 Å². The van der Waals surface area contributed by atoms with Gasteiger partial charge in [0.15, 0.2) is 0 Å². The molecule has 0 radical (unpaired) electrons. The highest BCUT2D eigenvalue weighted by atomic mass is 79.9. The van der Waals surface area contributed by atoms with Crippen LogP contribution in [0.1, 0.15) is 24.1 Å². The van der Waals surface area contributed by atoms with E-state index in [1.807, 2.05) is 0 Å². The summed E-state index contributed by atoms with van der Waals surface area (Å²) < 4.78 is 37.6. The second kappa shape index (κ2) is 4.51. The van der Waals surface area contributed by atoms with Gasteiger partial charge in [-0.15, -0.1) is 0 Å². The van der Waals surface area contributed by atoms with Crippen LogP contribution in [0.2, 0.25) is 0 Å². The van der Waals surface area contributed by atoms with E-state index in [2.05, 4.69) is 21.4 Å². The summed E-state index contributed by atoms with van der Waals surface area (Å²) in [6, 6.07) is 3.71. The molecule has 0 bridgehead atoms. The third-order valence-electron chi connectivity index (χ3n) is 2.05. The summed E-state index contributed by atoms with van der Waals surface area (Å²) in [4.78, 5) is 0. The van der Waals surface area contributed by atoms with E-state index in [4.69, 9.17) is 5.84 Å².